The second-order valence-corrected chi connectivity index (χ2v) is 11.1. The van der Waals surface area contributed by atoms with E-state index in [1.165, 1.54) is 12.1 Å². The van der Waals surface area contributed by atoms with Gasteiger partial charge in [-0.05, 0) is 31.5 Å². The molecule has 0 radical (unpaired) electrons. The van der Waals surface area contributed by atoms with Gasteiger partial charge in [-0.25, -0.2) is 4.90 Å². The zero-order valence-corrected chi connectivity index (χ0v) is 21.7. The van der Waals surface area contributed by atoms with Crippen molar-refractivity contribution in [2.24, 2.45) is 11.8 Å². The van der Waals surface area contributed by atoms with Gasteiger partial charge < -0.3 is 14.4 Å². The van der Waals surface area contributed by atoms with Gasteiger partial charge in [0.15, 0.2) is 0 Å². The van der Waals surface area contributed by atoms with E-state index in [-0.39, 0.29) is 25.1 Å². The third-order valence-electron chi connectivity index (χ3n) is 8.52. The molecule has 6 rings (SSSR count). The highest BCUT2D eigenvalue weighted by molar-refractivity contribution is 6.30. The summed E-state index contributed by atoms with van der Waals surface area (Å²) in [6, 6.07) is 12.6. The molecule has 2 bridgehead atoms. The van der Waals surface area contributed by atoms with E-state index in [0.717, 1.165) is 9.47 Å². The lowest BCUT2D eigenvalue weighted by Gasteiger charge is -2.33. The number of nitriles is 1. The number of halogens is 4. The van der Waals surface area contributed by atoms with Crippen molar-refractivity contribution in [3.63, 3.8) is 0 Å². The number of aliphatic hydroxyl groups excluding tert-OH is 1. The number of aliphatic hydroxyl groups is 1. The molecular weight excluding hydrogens is 551 g/mol. The number of ether oxygens (including phenoxy) is 1. The van der Waals surface area contributed by atoms with Crippen molar-refractivity contribution in [1.82, 2.24) is 4.57 Å². The van der Waals surface area contributed by atoms with E-state index in [4.69, 9.17) is 16.3 Å². The fraction of sp³-hybridized carbons (Fsp3) is 0.357. The molecule has 40 heavy (non-hydrogen) atoms. The Hall–Kier alpha value is -3.72. The smallest absolute Gasteiger partial charge is 0.390 e. The lowest BCUT2D eigenvalue weighted by atomic mass is 9.66. The van der Waals surface area contributed by atoms with Crippen LogP contribution >= 0.6 is 11.6 Å². The number of rotatable bonds is 4. The second-order valence-electron chi connectivity index (χ2n) is 10.7. The molecule has 3 saturated heterocycles. The average molecular weight is 572 g/mol. The topological polar surface area (TPSA) is 113 Å². The number of imide groups is 1. The zero-order chi connectivity index (χ0) is 28.8. The molecule has 5 atom stereocenters. The maximum Gasteiger partial charge on any atom is 0.417 e. The largest absolute Gasteiger partial charge is 0.417 e. The van der Waals surface area contributed by atoms with Crippen LogP contribution in [0.15, 0.2) is 53.5 Å². The van der Waals surface area contributed by atoms with Crippen LogP contribution in [0.5, 0.6) is 0 Å². The molecule has 1 N–H and O–H groups in total. The summed E-state index contributed by atoms with van der Waals surface area (Å²) < 4.78 is 47.1. The van der Waals surface area contributed by atoms with Crippen LogP contribution in [0.3, 0.4) is 0 Å². The van der Waals surface area contributed by atoms with Gasteiger partial charge in [-0.15, -0.1) is 0 Å². The molecule has 0 spiro atoms. The van der Waals surface area contributed by atoms with Crippen LogP contribution in [0.25, 0.3) is 10.8 Å². The predicted octanol–water partition coefficient (Wildman–Crippen LogP) is 4.03. The van der Waals surface area contributed by atoms with Crippen LogP contribution in [0, 0.1) is 23.2 Å². The highest BCUT2D eigenvalue weighted by Gasteiger charge is 2.77. The number of aromatic nitrogens is 1. The molecule has 3 aliphatic heterocycles. The first-order valence-corrected chi connectivity index (χ1v) is 12.9. The first-order chi connectivity index (χ1) is 18.8. The van der Waals surface area contributed by atoms with E-state index >= 15 is 0 Å². The number of anilines is 1. The molecule has 0 unspecified atom stereocenters. The lowest BCUT2D eigenvalue weighted by molar-refractivity contribution is -0.138. The summed E-state index contributed by atoms with van der Waals surface area (Å²) in [7, 11) is 0. The van der Waals surface area contributed by atoms with E-state index in [0.29, 0.717) is 28.6 Å². The first-order valence-electron chi connectivity index (χ1n) is 12.5. The van der Waals surface area contributed by atoms with Gasteiger partial charge in [0.25, 0.3) is 5.56 Å². The van der Waals surface area contributed by atoms with Crippen molar-refractivity contribution in [2.75, 3.05) is 4.90 Å². The normalized spacial score (nSPS) is 29.3. The summed E-state index contributed by atoms with van der Waals surface area (Å²) in [5.41, 5.74) is -4.14. The van der Waals surface area contributed by atoms with Crippen LogP contribution < -0.4 is 10.5 Å². The summed E-state index contributed by atoms with van der Waals surface area (Å²) >= 11 is 5.80. The molecule has 3 aromatic rings. The van der Waals surface area contributed by atoms with Crippen LogP contribution in [0.4, 0.5) is 18.9 Å². The molecule has 0 saturated carbocycles. The summed E-state index contributed by atoms with van der Waals surface area (Å²) in [6.07, 6.45) is -5.40. The Labute approximate surface area is 230 Å². The van der Waals surface area contributed by atoms with Crippen LogP contribution in [0.1, 0.15) is 30.9 Å². The molecule has 8 nitrogen and oxygen atoms in total. The monoisotopic (exact) mass is 571 g/mol. The Kier molecular flexibility index (Phi) is 5.72. The average Bonchev–Trinajstić information content (AvgIpc) is 3.44. The van der Waals surface area contributed by atoms with E-state index in [1.807, 2.05) is 0 Å². The molecule has 206 valence electrons. The number of pyridine rings is 1. The van der Waals surface area contributed by atoms with Gasteiger partial charge >= 0.3 is 6.18 Å². The molecule has 3 fully saturated rings. The van der Waals surface area contributed by atoms with Crippen molar-refractivity contribution < 1.29 is 32.6 Å². The Balaban J connectivity index is 1.40. The van der Waals surface area contributed by atoms with Gasteiger partial charge in [0, 0.05) is 29.9 Å². The minimum absolute atomic E-state index is 0.0485. The zero-order valence-electron chi connectivity index (χ0n) is 20.9. The molecular formula is C28H21ClF3N3O5. The minimum atomic E-state index is -4.74. The summed E-state index contributed by atoms with van der Waals surface area (Å²) in [5, 5.41) is 20.9. The van der Waals surface area contributed by atoms with Crippen LogP contribution in [-0.4, -0.2) is 38.8 Å². The third kappa shape index (κ3) is 3.56. The molecule has 2 amide bonds. The molecule has 2 aromatic carbocycles. The van der Waals surface area contributed by atoms with Crippen LogP contribution in [0.2, 0.25) is 5.02 Å². The number of hydrogen-bond acceptors (Lipinski definition) is 6. The van der Waals surface area contributed by atoms with Gasteiger partial charge in [-0.2, -0.15) is 18.4 Å². The number of nitrogens with zero attached hydrogens (tertiary/aromatic N) is 3. The fourth-order valence-electron chi connectivity index (χ4n) is 6.67. The second kappa shape index (κ2) is 8.64. The van der Waals surface area contributed by atoms with Crippen LogP contribution in [-0.2, 0) is 27.0 Å². The summed E-state index contributed by atoms with van der Waals surface area (Å²) in [6.45, 7) is 1.25. The molecule has 0 aliphatic carbocycles. The maximum absolute atomic E-state index is 14.0. The Bertz CT molecular complexity index is 1720. The van der Waals surface area contributed by atoms with Crippen molar-refractivity contribution in [3.8, 4) is 6.07 Å². The number of carbonyl (C=O) groups is 2. The third-order valence-corrected chi connectivity index (χ3v) is 8.79. The van der Waals surface area contributed by atoms with Gasteiger partial charge in [-0.1, -0.05) is 35.9 Å². The minimum Gasteiger partial charge on any atom is -0.390 e. The highest BCUT2D eigenvalue weighted by Crippen LogP contribution is 2.62. The maximum atomic E-state index is 14.0. The van der Waals surface area contributed by atoms with Gasteiger partial charge in [0.2, 0.25) is 11.8 Å². The van der Waals surface area contributed by atoms with E-state index in [1.54, 1.807) is 31.2 Å². The highest BCUT2D eigenvalue weighted by atomic mass is 35.5. The van der Waals surface area contributed by atoms with E-state index in [2.05, 4.69) is 6.07 Å². The van der Waals surface area contributed by atoms with Gasteiger partial charge in [-0.3, -0.25) is 14.4 Å². The SMILES string of the molecule is C[C@]12O[C@](CCn3cc(C(F)(F)F)cc(Cl)c3=O)(C[C@@H]1O)[C@H]1C(=O)N(c3ccc(C#N)c4ccccc34)C(=O)[C@H]12. The van der Waals surface area contributed by atoms with E-state index in [9.17, 15) is 37.9 Å². The van der Waals surface area contributed by atoms with E-state index < -0.39 is 63.3 Å². The number of hydrogen-bond donors (Lipinski definition) is 1. The lowest BCUT2D eigenvalue weighted by Crippen LogP contribution is -2.49. The standard InChI is InChI=1S/C28H21ClF3N3O5/c1-26-20(36)11-27(40-26,8-9-34-13-15(28(30,31)32)10-18(29)23(34)37)22-21(26)24(38)35(25(22)39)19-7-6-14(12-33)16-4-2-3-5-17(16)19/h2-7,10,13,20-22,36H,8-9,11H2,1H3/t20-,21-,22+,26-,27+/m0/s1. The van der Waals surface area contributed by atoms with Gasteiger partial charge in [0.05, 0.1) is 46.4 Å². The van der Waals surface area contributed by atoms with Crippen molar-refractivity contribution in [3.05, 3.63) is 75.2 Å². The number of carbonyl (C=O) groups excluding carboxylic acids is 2. The first kappa shape index (κ1) is 26.5. The number of amides is 2. The molecule has 1 aromatic heterocycles. The number of aryl methyl sites for hydroxylation is 1. The van der Waals surface area contributed by atoms with Crippen molar-refractivity contribution in [2.45, 2.75) is 49.8 Å². The Morgan fingerprint density at radius 3 is 2.48 bits per heavy atom. The Morgan fingerprint density at radius 2 is 1.80 bits per heavy atom. The summed E-state index contributed by atoms with van der Waals surface area (Å²) in [4.78, 5) is 41.5. The number of benzene rings is 2. The number of fused-ring (bicyclic) bond motifs is 6. The van der Waals surface area contributed by atoms with Gasteiger partial charge in [0.1, 0.15) is 10.6 Å². The van der Waals surface area contributed by atoms with Crippen molar-refractivity contribution in [1.29, 1.82) is 5.26 Å². The summed E-state index contributed by atoms with van der Waals surface area (Å²) in [5.74, 6) is -3.25. The Morgan fingerprint density at radius 1 is 1.12 bits per heavy atom. The molecule has 3 aliphatic rings. The fourth-order valence-corrected chi connectivity index (χ4v) is 6.89. The molecule has 4 heterocycles. The number of alkyl halides is 3. The predicted molar refractivity (Wildman–Crippen MR) is 136 cm³/mol. The quantitative estimate of drug-likeness (QED) is 0.473. The molecule has 12 heteroatoms. The van der Waals surface area contributed by atoms with Crippen molar-refractivity contribution >= 4 is 39.9 Å².